The second-order valence-corrected chi connectivity index (χ2v) is 5.53. The van der Waals surface area contributed by atoms with Gasteiger partial charge in [0.15, 0.2) is 0 Å². The lowest BCUT2D eigenvalue weighted by atomic mass is 10.1. The maximum atomic E-state index is 12.2. The van der Waals surface area contributed by atoms with E-state index in [1.165, 1.54) is 12.8 Å². The smallest absolute Gasteiger partial charge is 0.317 e. The monoisotopic (exact) mass is 270 g/mol. The number of hydrogen-bond acceptors (Lipinski definition) is 2. The normalized spacial score (nSPS) is 21.6. The minimum Gasteiger partial charge on any atom is -0.481 e. The van der Waals surface area contributed by atoms with Crippen molar-refractivity contribution in [3.63, 3.8) is 0 Å². The van der Waals surface area contributed by atoms with Crippen LogP contribution in [0, 0.1) is 0 Å². The molecule has 0 saturated carbocycles. The van der Waals surface area contributed by atoms with Gasteiger partial charge < -0.3 is 15.3 Å². The van der Waals surface area contributed by atoms with Crippen LogP contribution in [0.3, 0.4) is 0 Å². The number of carboxylic acid groups (broad SMARTS) is 1. The zero-order chi connectivity index (χ0) is 14.3. The number of carbonyl (C=O) groups is 2. The van der Waals surface area contributed by atoms with Crippen LogP contribution in [-0.2, 0) is 4.79 Å². The summed E-state index contributed by atoms with van der Waals surface area (Å²) in [5.41, 5.74) is 0. The first kappa shape index (κ1) is 15.8. The highest BCUT2D eigenvalue weighted by Gasteiger charge is 2.22. The number of likely N-dealkylation sites (tertiary alicyclic amines) is 1. The molecule has 0 bridgehead atoms. The van der Waals surface area contributed by atoms with Crippen LogP contribution in [0.25, 0.3) is 0 Å². The van der Waals surface area contributed by atoms with E-state index in [-0.39, 0.29) is 18.5 Å². The maximum Gasteiger partial charge on any atom is 0.317 e. The third kappa shape index (κ3) is 5.94. The molecule has 2 amide bonds. The highest BCUT2D eigenvalue weighted by Crippen LogP contribution is 2.16. The predicted molar refractivity (Wildman–Crippen MR) is 74.1 cm³/mol. The Balaban J connectivity index is 2.33. The first-order chi connectivity index (χ1) is 9.00. The van der Waals surface area contributed by atoms with Gasteiger partial charge in [0.1, 0.15) is 0 Å². The van der Waals surface area contributed by atoms with Crippen LogP contribution in [0.2, 0.25) is 0 Å². The van der Waals surface area contributed by atoms with Crippen LogP contribution in [0.1, 0.15) is 58.8 Å². The van der Waals surface area contributed by atoms with Crippen molar-refractivity contribution in [2.75, 3.05) is 6.54 Å². The number of rotatable bonds is 5. The first-order valence-electron chi connectivity index (χ1n) is 7.29. The molecule has 0 radical (unpaired) electrons. The molecule has 0 aromatic rings. The summed E-state index contributed by atoms with van der Waals surface area (Å²) < 4.78 is 0. The number of nitrogens with one attached hydrogen (secondary N) is 1. The predicted octanol–water partition coefficient (Wildman–Crippen LogP) is 2.60. The number of nitrogens with zero attached hydrogens (tertiary/aromatic N) is 1. The van der Waals surface area contributed by atoms with E-state index >= 15 is 0 Å². The summed E-state index contributed by atoms with van der Waals surface area (Å²) in [5, 5.41) is 11.6. The molecule has 1 aliphatic rings. The second kappa shape index (κ2) is 8.02. The van der Waals surface area contributed by atoms with Crippen molar-refractivity contribution in [2.45, 2.75) is 70.9 Å². The van der Waals surface area contributed by atoms with Crippen molar-refractivity contribution in [3.8, 4) is 0 Å². The van der Waals surface area contributed by atoms with E-state index in [1.807, 2.05) is 11.8 Å². The second-order valence-electron chi connectivity index (χ2n) is 5.53. The molecule has 110 valence electrons. The van der Waals surface area contributed by atoms with Gasteiger partial charge in [0, 0.05) is 25.0 Å². The fourth-order valence-electron chi connectivity index (χ4n) is 2.50. The topological polar surface area (TPSA) is 69.6 Å². The summed E-state index contributed by atoms with van der Waals surface area (Å²) in [6.45, 7) is 4.86. The summed E-state index contributed by atoms with van der Waals surface area (Å²) in [5.74, 6) is -0.778. The molecule has 1 fully saturated rings. The molecule has 1 rings (SSSR count). The molecule has 2 N–H and O–H groups in total. The number of carboxylic acids is 1. The molecule has 5 nitrogen and oxygen atoms in total. The quantitative estimate of drug-likeness (QED) is 0.806. The third-order valence-electron chi connectivity index (χ3n) is 3.71. The lowest BCUT2D eigenvalue weighted by Gasteiger charge is -2.29. The third-order valence-corrected chi connectivity index (χ3v) is 3.71. The van der Waals surface area contributed by atoms with E-state index in [1.54, 1.807) is 0 Å². The average Bonchev–Trinajstić information content (AvgIpc) is 2.53. The summed E-state index contributed by atoms with van der Waals surface area (Å²) in [6, 6.07) is 0.327. The van der Waals surface area contributed by atoms with Crippen LogP contribution in [-0.4, -0.2) is 40.6 Å². The highest BCUT2D eigenvalue weighted by atomic mass is 16.4. The molecule has 0 spiro atoms. The van der Waals surface area contributed by atoms with Crippen LogP contribution in [0.4, 0.5) is 4.79 Å². The Hall–Kier alpha value is -1.26. The largest absolute Gasteiger partial charge is 0.481 e. The lowest BCUT2D eigenvalue weighted by molar-refractivity contribution is -0.137. The van der Waals surface area contributed by atoms with Crippen LogP contribution >= 0.6 is 0 Å². The van der Waals surface area contributed by atoms with Gasteiger partial charge in [-0.1, -0.05) is 12.8 Å². The number of urea groups is 1. The van der Waals surface area contributed by atoms with E-state index in [0.29, 0.717) is 18.9 Å². The Morgan fingerprint density at radius 2 is 2.11 bits per heavy atom. The molecule has 19 heavy (non-hydrogen) atoms. The summed E-state index contributed by atoms with van der Waals surface area (Å²) >= 11 is 0. The molecule has 1 aliphatic heterocycles. The minimum absolute atomic E-state index is 0.00257. The molecular formula is C14H26N2O3. The lowest BCUT2D eigenvalue weighted by Crippen LogP contribution is -2.47. The maximum absolute atomic E-state index is 12.2. The molecule has 1 saturated heterocycles. The Morgan fingerprint density at radius 3 is 2.79 bits per heavy atom. The van der Waals surface area contributed by atoms with Gasteiger partial charge >= 0.3 is 12.0 Å². The summed E-state index contributed by atoms with van der Waals surface area (Å²) in [4.78, 5) is 24.5. The number of amides is 2. The number of carbonyl (C=O) groups excluding carboxylic acids is 1. The van der Waals surface area contributed by atoms with Crippen LogP contribution in [0.5, 0.6) is 0 Å². The standard InChI is InChI=1S/C14H26N2O3/c1-11(7-6-9-13(17)18)15-14(19)16-10-5-3-4-8-12(16)2/h11-12H,3-10H2,1-2H3,(H,15,19)(H,17,18). The molecule has 5 heteroatoms. The van der Waals surface area contributed by atoms with Crippen molar-refractivity contribution < 1.29 is 14.7 Å². The minimum atomic E-state index is -0.778. The molecular weight excluding hydrogens is 244 g/mol. The van der Waals surface area contributed by atoms with Gasteiger partial charge in [-0.25, -0.2) is 4.79 Å². The molecule has 1 heterocycles. The molecule has 2 unspecified atom stereocenters. The van der Waals surface area contributed by atoms with Gasteiger partial charge in [-0.15, -0.1) is 0 Å². The van der Waals surface area contributed by atoms with Crippen molar-refractivity contribution in [2.24, 2.45) is 0 Å². The Bertz CT molecular complexity index is 307. The highest BCUT2D eigenvalue weighted by molar-refractivity contribution is 5.74. The molecule has 0 aromatic heterocycles. The van der Waals surface area contributed by atoms with Crippen molar-refractivity contribution in [3.05, 3.63) is 0 Å². The SMILES string of the molecule is CC(CCCC(=O)O)NC(=O)N1CCCCCC1C. The van der Waals surface area contributed by atoms with Gasteiger partial charge in [-0.2, -0.15) is 0 Å². The average molecular weight is 270 g/mol. The first-order valence-corrected chi connectivity index (χ1v) is 7.29. The van der Waals surface area contributed by atoms with Gasteiger partial charge in [0.05, 0.1) is 0 Å². The van der Waals surface area contributed by atoms with Gasteiger partial charge in [0.25, 0.3) is 0 Å². The van der Waals surface area contributed by atoms with Gasteiger partial charge in [-0.3, -0.25) is 4.79 Å². The molecule has 2 atom stereocenters. The van der Waals surface area contributed by atoms with Gasteiger partial charge in [-0.05, 0) is 39.5 Å². The fourth-order valence-corrected chi connectivity index (χ4v) is 2.50. The number of aliphatic carboxylic acids is 1. The Morgan fingerprint density at radius 1 is 1.37 bits per heavy atom. The fraction of sp³-hybridized carbons (Fsp3) is 0.857. The van der Waals surface area contributed by atoms with E-state index in [0.717, 1.165) is 19.4 Å². The van der Waals surface area contributed by atoms with Crippen molar-refractivity contribution in [1.82, 2.24) is 10.2 Å². The van der Waals surface area contributed by atoms with E-state index in [2.05, 4.69) is 12.2 Å². The molecule has 0 aliphatic carbocycles. The number of hydrogen-bond donors (Lipinski definition) is 2. The Labute approximate surface area is 115 Å². The summed E-state index contributed by atoms with van der Waals surface area (Å²) in [7, 11) is 0. The van der Waals surface area contributed by atoms with Crippen LogP contribution in [0.15, 0.2) is 0 Å². The van der Waals surface area contributed by atoms with E-state index in [4.69, 9.17) is 5.11 Å². The van der Waals surface area contributed by atoms with Gasteiger partial charge in [0.2, 0.25) is 0 Å². The zero-order valence-corrected chi connectivity index (χ0v) is 12.0. The van der Waals surface area contributed by atoms with Crippen LogP contribution < -0.4 is 5.32 Å². The van der Waals surface area contributed by atoms with E-state index in [9.17, 15) is 9.59 Å². The molecule has 0 aromatic carbocycles. The zero-order valence-electron chi connectivity index (χ0n) is 12.0. The van der Waals surface area contributed by atoms with E-state index < -0.39 is 5.97 Å². The van der Waals surface area contributed by atoms with Crippen molar-refractivity contribution >= 4 is 12.0 Å². The Kier molecular flexibility index (Phi) is 6.67. The van der Waals surface area contributed by atoms with Crippen molar-refractivity contribution in [1.29, 1.82) is 0 Å². The summed E-state index contributed by atoms with van der Waals surface area (Å²) in [6.07, 6.45) is 6.01.